The summed E-state index contributed by atoms with van der Waals surface area (Å²) in [5.41, 5.74) is 0.181. The van der Waals surface area contributed by atoms with Crippen molar-refractivity contribution in [2.75, 3.05) is 40.5 Å². The van der Waals surface area contributed by atoms with E-state index in [0.717, 1.165) is 6.54 Å². The molecule has 9 heteroatoms. The molecule has 146 valence electrons. The van der Waals surface area contributed by atoms with E-state index in [4.69, 9.17) is 14.2 Å². The summed E-state index contributed by atoms with van der Waals surface area (Å²) in [5.74, 6) is 1.22. The number of aromatic amines is 1. The van der Waals surface area contributed by atoms with Crippen molar-refractivity contribution in [2.45, 2.75) is 19.6 Å². The lowest BCUT2D eigenvalue weighted by Crippen LogP contribution is -2.49. The lowest BCUT2D eigenvalue weighted by Gasteiger charge is -2.28. The van der Waals surface area contributed by atoms with Crippen LogP contribution in [0, 0.1) is 0 Å². The Bertz CT molecular complexity index is 876. The Morgan fingerprint density at radius 3 is 2.70 bits per heavy atom. The lowest BCUT2D eigenvalue weighted by atomic mass is 10.2. The number of likely N-dealkylation sites (N-methyl/N-ethyl adjacent to an activating group) is 1. The third-order valence-corrected chi connectivity index (χ3v) is 4.50. The van der Waals surface area contributed by atoms with Gasteiger partial charge in [-0.3, -0.25) is 9.59 Å². The first-order chi connectivity index (χ1) is 13.1. The van der Waals surface area contributed by atoms with Gasteiger partial charge < -0.3 is 29.4 Å². The molecule has 1 amide bonds. The average Bonchev–Trinajstić information content (AvgIpc) is 2.71. The second-order valence-corrected chi connectivity index (χ2v) is 6.15. The Hall–Kier alpha value is -2.65. The van der Waals surface area contributed by atoms with Crippen molar-refractivity contribution in [1.29, 1.82) is 0 Å². The third-order valence-electron chi connectivity index (χ3n) is 4.50. The number of carbonyl (C=O) groups is 1. The van der Waals surface area contributed by atoms with Gasteiger partial charge in [-0.1, -0.05) is 0 Å². The van der Waals surface area contributed by atoms with Crippen molar-refractivity contribution >= 4 is 16.8 Å². The summed E-state index contributed by atoms with van der Waals surface area (Å²) in [5, 5.41) is 3.54. The van der Waals surface area contributed by atoms with Crippen LogP contribution in [0.4, 0.5) is 0 Å². The van der Waals surface area contributed by atoms with Crippen LogP contribution >= 0.6 is 0 Å². The highest BCUT2D eigenvalue weighted by molar-refractivity contribution is 5.82. The highest BCUT2D eigenvalue weighted by atomic mass is 16.5. The van der Waals surface area contributed by atoms with Crippen LogP contribution in [0.3, 0.4) is 0 Å². The molecule has 0 bridgehead atoms. The number of hydrogen-bond acceptors (Lipinski definition) is 7. The molecular weight excluding hydrogens is 352 g/mol. The van der Waals surface area contributed by atoms with Gasteiger partial charge in [-0.25, -0.2) is 4.98 Å². The number of morpholine rings is 1. The molecule has 2 heterocycles. The van der Waals surface area contributed by atoms with E-state index in [-0.39, 0.29) is 18.0 Å². The molecule has 1 atom stereocenters. The van der Waals surface area contributed by atoms with E-state index < -0.39 is 6.10 Å². The number of nitrogens with one attached hydrogen (secondary N) is 2. The Morgan fingerprint density at radius 2 is 2.07 bits per heavy atom. The second kappa shape index (κ2) is 8.36. The van der Waals surface area contributed by atoms with E-state index in [0.29, 0.717) is 47.9 Å². The first kappa shape index (κ1) is 19.1. The van der Waals surface area contributed by atoms with Gasteiger partial charge in [0.15, 0.2) is 11.5 Å². The summed E-state index contributed by atoms with van der Waals surface area (Å²) in [7, 11) is 3.03. The second-order valence-electron chi connectivity index (χ2n) is 6.15. The minimum atomic E-state index is -0.518. The molecule has 0 spiro atoms. The zero-order chi connectivity index (χ0) is 19.4. The van der Waals surface area contributed by atoms with Gasteiger partial charge in [0.1, 0.15) is 11.9 Å². The van der Waals surface area contributed by atoms with Crippen LogP contribution in [0.1, 0.15) is 12.7 Å². The third kappa shape index (κ3) is 4.04. The maximum absolute atomic E-state index is 12.7. The highest BCUT2D eigenvalue weighted by Crippen LogP contribution is 2.29. The van der Waals surface area contributed by atoms with Crippen molar-refractivity contribution in [2.24, 2.45) is 0 Å². The van der Waals surface area contributed by atoms with E-state index >= 15 is 0 Å². The Kier molecular flexibility index (Phi) is 5.92. The number of hydrogen-bond donors (Lipinski definition) is 2. The van der Waals surface area contributed by atoms with Gasteiger partial charge in [0.25, 0.3) is 11.5 Å². The molecule has 1 aromatic carbocycles. The van der Waals surface area contributed by atoms with Gasteiger partial charge >= 0.3 is 0 Å². The molecule has 3 rings (SSSR count). The monoisotopic (exact) mass is 376 g/mol. The van der Waals surface area contributed by atoms with Crippen LogP contribution in [-0.2, 0) is 16.1 Å². The first-order valence-corrected chi connectivity index (χ1v) is 8.83. The SMILES string of the molecule is CCN(Cc1nc2cc(OC)c(OC)cc2c(=O)[nH]1)C(=O)C1CNCCO1. The van der Waals surface area contributed by atoms with Crippen LogP contribution < -0.4 is 20.3 Å². The number of fused-ring (bicyclic) bond motifs is 1. The number of nitrogens with zero attached hydrogens (tertiary/aromatic N) is 2. The van der Waals surface area contributed by atoms with Crippen molar-refractivity contribution < 1.29 is 19.0 Å². The number of aromatic nitrogens is 2. The zero-order valence-electron chi connectivity index (χ0n) is 15.7. The molecular formula is C18H24N4O5. The number of methoxy groups -OCH3 is 2. The van der Waals surface area contributed by atoms with Crippen LogP contribution in [0.2, 0.25) is 0 Å². The van der Waals surface area contributed by atoms with Crippen molar-refractivity contribution in [1.82, 2.24) is 20.2 Å². The van der Waals surface area contributed by atoms with E-state index in [1.165, 1.54) is 14.2 Å². The van der Waals surface area contributed by atoms with Crippen molar-refractivity contribution in [3.8, 4) is 11.5 Å². The molecule has 2 N–H and O–H groups in total. The maximum Gasteiger partial charge on any atom is 0.258 e. The number of ether oxygens (including phenoxy) is 3. The molecule has 1 unspecified atom stereocenters. The minimum absolute atomic E-state index is 0.125. The summed E-state index contributed by atoms with van der Waals surface area (Å²) in [4.78, 5) is 34.0. The van der Waals surface area contributed by atoms with Gasteiger partial charge in [0.2, 0.25) is 0 Å². The molecule has 27 heavy (non-hydrogen) atoms. The van der Waals surface area contributed by atoms with Crippen LogP contribution in [-0.4, -0.2) is 67.3 Å². The van der Waals surface area contributed by atoms with Gasteiger partial charge in [-0.15, -0.1) is 0 Å². The van der Waals surface area contributed by atoms with Crippen molar-refractivity contribution in [3.05, 3.63) is 28.3 Å². The molecule has 1 aliphatic heterocycles. The Balaban J connectivity index is 1.89. The predicted molar refractivity (Wildman–Crippen MR) is 99.2 cm³/mol. The molecule has 0 radical (unpaired) electrons. The first-order valence-electron chi connectivity index (χ1n) is 8.83. The summed E-state index contributed by atoms with van der Waals surface area (Å²) in [6, 6.07) is 3.24. The van der Waals surface area contributed by atoms with Crippen LogP contribution in [0.25, 0.3) is 10.9 Å². The summed E-state index contributed by atoms with van der Waals surface area (Å²) >= 11 is 0. The number of carbonyl (C=O) groups excluding carboxylic acids is 1. The Labute approximate surface area is 156 Å². The van der Waals surface area contributed by atoms with Gasteiger partial charge in [0.05, 0.1) is 38.3 Å². The van der Waals surface area contributed by atoms with Crippen LogP contribution in [0.5, 0.6) is 11.5 Å². The molecule has 2 aromatic rings. The van der Waals surface area contributed by atoms with E-state index in [9.17, 15) is 9.59 Å². The normalized spacial score (nSPS) is 16.9. The van der Waals surface area contributed by atoms with Gasteiger partial charge in [0, 0.05) is 25.7 Å². The molecule has 0 aliphatic carbocycles. The standard InChI is InChI=1S/C18H24N4O5/c1-4-22(18(24)15-9-19-5-6-27-15)10-16-20-12-8-14(26-3)13(25-2)7-11(12)17(23)21-16/h7-8,15,19H,4-6,9-10H2,1-3H3,(H,20,21,23). The minimum Gasteiger partial charge on any atom is -0.493 e. The quantitative estimate of drug-likeness (QED) is 0.746. The zero-order valence-corrected chi connectivity index (χ0v) is 15.7. The van der Waals surface area contributed by atoms with E-state index in [1.807, 2.05) is 6.92 Å². The Morgan fingerprint density at radius 1 is 1.33 bits per heavy atom. The lowest BCUT2D eigenvalue weighted by molar-refractivity contribution is -0.145. The molecule has 1 aliphatic rings. The number of amides is 1. The predicted octanol–water partition coefficient (Wildman–Crippen LogP) is 0.277. The fourth-order valence-electron chi connectivity index (χ4n) is 3.04. The largest absolute Gasteiger partial charge is 0.493 e. The topological polar surface area (TPSA) is 106 Å². The molecule has 1 aromatic heterocycles. The molecule has 1 fully saturated rings. The van der Waals surface area contributed by atoms with E-state index in [1.54, 1.807) is 17.0 Å². The smallest absolute Gasteiger partial charge is 0.258 e. The molecule has 1 saturated heterocycles. The molecule has 9 nitrogen and oxygen atoms in total. The summed E-state index contributed by atoms with van der Waals surface area (Å²) in [6.07, 6.45) is -0.518. The number of H-pyrrole nitrogens is 1. The fourth-order valence-corrected chi connectivity index (χ4v) is 3.04. The maximum atomic E-state index is 12.7. The van der Waals surface area contributed by atoms with E-state index in [2.05, 4.69) is 15.3 Å². The van der Waals surface area contributed by atoms with Crippen LogP contribution in [0.15, 0.2) is 16.9 Å². The van der Waals surface area contributed by atoms with Crippen molar-refractivity contribution in [3.63, 3.8) is 0 Å². The molecule has 0 saturated carbocycles. The summed E-state index contributed by atoms with van der Waals surface area (Å²) < 4.78 is 16.0. The van der Waals surface area contributed by atoms with Gasteiger partial charge in [-0.2, -0.15) is 0 Å². The number of rotatable bonds is 6. The summed E-state index contributed by atoms with van der Waals surface area (Å²) in [6.45, 7) is 4.26. The highest BCUT2D eigenvalue weighted by Gasteiger charge is 2.26. The van der Waals surface area contributed by atoms with Gasteiger partial charge in [-0.05, 0) is 13.0 Å². The number of benzene rings is 1. The fraction of sp³-hybridized carbons (Fsp3) is 0.500. The average molecular weight is 376 g/mol.